The van der Waals surface area contributed by atoms with Crippen molar-refractivity contribution in [3.8, 4) is 0 Å². The second kappa shape index (κ2) is 5.56. The molecule has 0 aromatic carbocycles. The molecule has 0 spiro atoms. The van der Waals surface area contributed by atoms with E-state index in [1.807, 2.05) is 27.7 Å². The summed E-state index contributed by atoms with van der Waals surface area (Å²) in [5.74, 6) is 0. The van der Waals surface area contributed by atoms with Gasteiger partial charge in [-0.1, -0.05) is 20.8 Å². The van der Waals surface area contributed by atoms with Gasteiger partial charge >= 0.3 is 0 Å². The molecule has 0 saturated carbocycles. The molecule has 0 aliphatic rings. The Kier molecular flexibility index (Phi) is 4.71. The first-order valence-electron chi connectivity index (χ1n) is 6.24. The molecule has 0 amide bonds. The minimum atomic E-state index is -3.57. The number of sulfonamides is 1. The highest BCUT2D eigenvalue weighted by Crippen LogP contribution is 2.28. The molecule has 6 heteroatoms. The third-order valence-corrected chi connectivity index (χ3v) is 5.50. The summed E-state index contributed by atoms with van der Waals surface area (Å²) in [7, 11) is -1.98. The number of hydrogen-bond acceptors (Lipinski definition) is 4. The van der Waals surface area contributed by atoms with Crippen LogP contribution in [0.15, 0.2) is 23.2 Å². The lowest BCUT2D eigenvalue weighted by Crippen LogP contribution is -2.43. The van der Waals surface area contributed by atoms with Gasteiger partial charge in [-0.15, -0.1) is 0 Å². The van der Waals surface area contributed by atoms with Gasteiger partial charge in [0, 0.05) is 25.8 Å². The molecule has 5 nitrogen and oxygen atoms in total. The summed E-state index contributed by atoms with van der Waals surface area (Å²) >= 11 is 0. The Labute approximate surface area is 115 Å². The van der Waals surface area contributed by atoms with Gasteiger partial charge in [-0.05, 0) is 24.5 Å². The van der Waals surface area contributed by atoms with Crippen LogP contribution < -0.4 is 5.73 Å². The molecule has 0 aliphatic carbocycles. The molecule has 2 N–H and O–H groups in total. The minimum absolute atomic E-state index is 0.104. The first kappa shape index (κ1) is 16.1. The Balaban J connectivity index is 3.25. The zero-order chi connectivity index (χ0) is 14.8. The van der Waals surface area contributed by atoms with Crippen LogP contribution in [0.4, 0.5) is 0 Å². The van der Waals surface area contributed by atoms with Gasteiger partial charge in [-0.2, -0.15) is 4.31 Å². The summed E-state index contributed by atoms with van der Waals surface area (Å²) in [5.41, 5.74) is 5.82. The number of rotatable bonds is 4. The average molecular weight is 285 g/mol. The van der Waals surface area contributed by atoms with Crippen molar-refractivity contribution in [3.63, 3.8) is 0 Å². The molecule has 1 unspecified atom stereocenters. The average Bonchev–Trinajstić information content (AvgIpc) is 2.35. The molecular formula is C13H23N3O2S. The van der Waals surface area contributed by atoms with Crippen molar-refractivity contribution in [3.05, 3.63) is 24.0 Å². The Morgan fingerprint density at radius 3 is 2.47 bits per heavy atom. The number of aromatic nitrogens is 1. The summed E-state index contributed by atoms with van der Waals surface area (Å²) in [6, 6.07) is 3.03. The number of pyridine rings is 1. The van der Waals surface area contributed by atoms with Crippen LogP contribution >= 0.6 is 0 Å². The third-order valence-electron chi connectivity index (χ3n) is 3.50. The molecule has 0 fully saturated rings. The molecule has 1 rings (SSSR count). The maximum Gasteiger partial charge on any atom is 0.244 e. The highest BCUT2D eigenvalue weighted by atomic mass is 32.2. The maximum absolute atomic E-state index is 12.6. The zero-order valence-corrected chi connectivity index (χ0v) is 13.0. The predicted molar refractivity (Wildman–Crippen MR) is 76.0 cm³/mol. The zero-order valence-electron chi connectivity index (χ0n) is 12.2. The fourth-order valence-corrected chi connectivity index (χ4v) is 3.45. The molecule has 0 saturated heterocycles. The monoisotopic (exact) mass is 285 g/mol. The summed E-state index contributed by atoms with van der Waals surface area (Å²) in [6.07, 6.45) is 1.55. The smallest absolute Gasteiger partial charge is 0.244 e. The van der Waals surface area contributed by atoms with E-state index in [0.717, 1.165) is 0 Å². The van der Waals surface area contributed by atoms with Crippen LogP contribution in [0.3, 0.4) is 0 Å². The highest BCUT2D eigenvalue weighted by Gasteiger charge is 2.33. The van der Waals surface area contributed by atoms with E-state index in [9.17, 15) is 8.42 Å². The van der Waals surface area contributed by atoms with Gasteiger partial charge in [0.15, 0.2) is 0 Å². The van der Waals surface area contributed by atoms with Crippen LogP contribution in [-0.4, -0.2) is 30.8 Å². The van der Waals surface area contributed by atoms with E-state index in [0.29, 0.717) is 5.69 Å². The van der Waals surface area contributed by atoms with E-state index in [1.165, 1.54) is 4.31 Å². The minimum Gasteiger partial charge on any atom is -0.325 e. The van der Waals surface area contributed by atoms with E-state index >= 15 is 0 Å². The molecule has 1 heterocycles. The first-order valence-corrected chi connectivity index (χ1v) is 7.68. The van der Waals surface area contributed by atoms with Crippen molar-refractivity contribution in [1.29, 1.82) is 0 Å². The normalized spacial score (nSPS) is 14.7. The van der Waals surface area contributed by atoms with Crippen molar-refractivity contribution in [2.45, 2.75) is 45.2 Å². The van der Waals surface area contributed by atoms with Gasteiger partial charge in [-0.25, -0.2) is 8.42 Å². The lowest BCUT2D eigenvalue weighted by atomic mass is 9.88. The molecule has 1 atom stereocenters. The van der Waals surface area contributed by atoms with Gasteiger partial charge in [0.2, 0.25) is 10.0 Å². The van der Waals surface area contributed by atoms with E-state index < -0.39 is 10.0 Å². The maximum atomic E-state index is 12.6. The lowest BCUT2D eigenvalue weighted by Gasteiger charge is -2.34. The van der Waals surface area contributed by atoms with Gasteiger partial charge in [0.25, 0.3) is 0 Å². The van der Waals surface area contributed by atoms with E-state index in [1.54, 1.807) is 25.4 Å². The lowest BCUT2D eigenvalue weighted by molar-refractivity contribution is 0.216. The molecule has 0 radical (unpaired) electrons. The molecule has 1 aromatic rings. The molecule has 1 aromatic heterocycles. The van der Waals surface area contributed by atoms with Gasteiger partial charge in [-0.3, -0.25) is 4.98 Å². The van der Waals surface area contributed by atoms with Crippen molar-refractivity contribution >= 4 is 10.0 Å². The Hall–Kier alpha value is -0.980. The van der Waals surface area contributed by atoms with Gasteiger partial charge in [0.1, 0.15) is 4.90 Å². The van der Waals surface area contributed by atoms with Crippen LogP contribution in [0.25, 0.3) is 0 Å². The Morgan fingerprint density at radius 1 is 1.42 bits per heavy atom. The van der Waals surface area contributed by atoms with E-state index in [4.69, 9.17) is 5.73 Å². The van der Waals surface area contributed by atoms with Crippen molar-refractivity contribution in [2.24, 2.45) is 11.1 Å². The van der Waals surface area contributed by atoms with Crippen molar-refractivity contribution < 1.29 is 8.42 Å². The first-order chi connectivity index (χ1) is 8.62. The largest absolute Gasteiger partial charge is 0.325 e. The Bertz CT molecular complexity index is 535. The second-order valence-electron chi connectivity index (χ2n) is 5.72. The fraction of sp³-hybridized carbons (Fsp3) is 0.615. The fourth-order valence-electron chi connectivity index (χ4n) is 1.72. The highest BCUT2D eigenvalue weighted by molar-refractivity contribution is 7.89. The van der Waals surface area contributed by atoms with Gasteiger partial charge < -0.3 is 5.73 Å². The van der Waals surface area contributed by atoms with Crippen LogP contribution in [0.2, 0.25) is 0 Å². The molecule has 19 heavy (non-hydrogen) atoms. The van der Waals surface area contributed by atoms with E-state index in [-0.39, 0.29) is 22.9 Å². The van der Waals surface area contributed by atoms with Gasteiger partial charge in [0.05, 0.1) is 5.69 Å². The molecule has 0 aliphatic heterocycles. The summed E-state index contributed by atoms with van der Waals surface area (Å²) < 4.78 is 26.7. The standard InChI is InChI=1S/C13H23N3O2S/c1-10(13(2,3)4)16(5)19(17,18)12-7-6-8-15-11(12)9-14/h6-8,10H,9,14H2,1-5H3. The predicted octanol–water partition coefficient (Wildman–Crippen LogP) is 1.60. The molecule has 108 valence electrons. The SMILES string of the molecule is CC(N(C)S(=O)(=O)c1cccnc1CN)C(C)(C)C. The number of nitrogens with two attached hydrogens (primary N) is 1. The third kappa shape index (κ3) is 3.32. The topological polar surface area (TPSA) is 76.3 Å². The summed E-state index contributed by atoms with van der Waals surface area (Å²) in [5, 5.41) is 0. The molecule has 0 bridgehead atoms. The second-order valence-corrected chi connectivity index (χ2v) is 7.68. The number of hydrogen-bond donors (Lipinski definition) is 1. The van der Waals surface area contributed by atoms with E-state index in [2.05, 4.69) is 4.98 Å². The summed E-state index contributed by atoms with van der Waals surface area (Å²) in [6.45, 7) is 8.04. The van der Waals surface area contributed by atoms with Crippen LogP contribution in [0, 0.1) is 5.41 Å². The molecular weight excluding hydrogens is 262 g/mol. The number of nitrogens with zero attached hydrogens (tertiary/aromatic N) is 2. The quantitative estimate of drug-likeness (QED) is 0.911. The Morgan fingerprint density at radius 2 is 2.00 bits per heavy atom. The van der Waals surface area contributed by atoms with Crippen LogP contribution in [0.5, 0.6) is 0 Å². The van der Waals surface area contributed by atoms with Crippen LogP contribution in [0.1, 0.15) is 33.4 Å². The summed E-state index contributed by atoms with van der Waals surface area (Å²) in [4.78, 5) is 4.23. The van der Waals surface area contributed by atoms with Crippen molar-refractivity contribution in [1.82, 2.24) is 9.29 Å². The van der Waals surface area contributed by atoms with Crippen molar-refractivity contribution in [2.75, 3.05) is 7.05 Å². The van der Waals surface area contributed by atoms with Crippen LogP contribution in [-0.2, 0) is 16.6 Å².